The van der Waals surface area contributed by atoms with Crippen molar-refractivity contribution in [2.45, 2.75) is 56.5 Å². The molecule has 0 aromatic heterocycles. The van der Waals surface area contributed by atoms with Crippen LogP contribution in [0.2, 0.25) is 0 Å². The number of nitrogens with zero attached hydrogens (tertiary/aromatic N) is 3. The zero-order chi connectivity index (χ0) is 16.9. The van der Waals surface area contributed by atoms with Gasteiger partial charge >= 0.3 is 6.09 Å². The van der Waals surface area contributed by atoms with E-state index in [1.807, 2.05) is 4.90 Å². The number of amides is 1. The van der Waals surface area contributed by atoms with Crippen molar-refractivity contribution in [3.63, 3.8) is 0 Å². The molecule has 4 aliphatic rings. The van der Waals surface area contributed by atoms with Crippen LogP contribution >= 0.6 is 0 Å². The maximum Gasteiger partial charge on any atom is 0.407 e. The minimum Gasteiger partial charge on any atom is -0.465 e. The van der Waals surface area contributed by atoms with Gasteiger partial charge in [-0.2, -0.15) is 0 Å². The second kappa shape index (κ2) is 5.80. The lowest BCUT2D eigenvalue weighted by Gasteiger charge is -2.52. The van der Waals surface area contributed by atoms with Crippen LogP contribution in [0, 0.1) is 5.41 Å². The number of alkyl halides is 2. The Morgan fingerprint density at radius 3 is 2.17 bits per heavy atom. The molecule has 1 saturated carbocycles. The van der Waals surface area contributed by atoms with E-state index in [0.29, 0.717) is 31.7 Å². The molecule has 0 atom stereocenters. The lowest BCUT2D eigenvalue weighted by Crippen LogP contribution is -2.55. The third kappa shape index (κ3) is 3.01. The molecule has 4 rings (SSSR count). The first-order valence-electron chi connectivity index (χ1n) is 9.20. The highest BCUT2D eigenvalue weighted by Crippen LogP contribution is 2.50. The number of hydrogen-bond acceptors (Lipinski definition) is 3. The second-order valence-corrected chi connectivity index (χ2v) is 8.36. The second-order valence-electron chi connectivity index (χ2n) is 8.36. The summed E-state index contributed by atoms with van der Waals surface area (Å²) in [6.07, 6.45) is 4.39. The molecule has 24 heavy (non-hydrogen) atoms. The summed E-state index contributed by atoms with van der Waals surface area (Å²) in [6, 6.07) is 0.886. The highest BCUT2D eigenvalue weighted by Gasteiger charge is 2.51. The van der Waals surface area contributed by atoms with Crippen molar-refractivity contribution in [3.05, 3.63) is 0 Å². The predicted molar refractivity (Wildman–Crippen MR) is 85.4 cm³/mol. The van der Waals surface area contributed by atoms with E-state index in [9.17, 15) is 13.6 Å². The van der Waals surface area contributed by atoms with Crippen LogP contribution in [-0.4, -0.2) is 83.2 Å². The normalized spacial score (nSPS) is 37.9. The van der Waals surface area contributed by atoms with E-state index in [1.165, 1.54) is 0 Å². The molecular weight excluding hydrogens is 316 g/mol. The summed E-state index contributed by atoms with van der Waals surface area (Å²) in [5.41, 5.74) is 0.219. The number of carboxylic acid groups (broad SMARTS) is 1. The third-order valence-electron chi connectivity index (χ3n) is 6.78. The maximum absolute atomic E-state index is 13.4. The molecule has 7 heteroatoms. The van der Waals surface area contributed by atoms with Gasteiger partial charge in [0.2, 0.25) is 0 Å². The molecule has 0 radical (unpaired) electrons. The Bertz CT molecular complexity index is 502. The molecule has 0 bridgehead atoms. The summed E-state index contributed by atoms with van der Waals surface area (Å²) in [5, 5.41) is 9.11. The predicted octanol–water partition coefficient (Wildman–Crippen LogP) is 2.32. The summed E-state index contributed by atoms with van der Waals surface area (Å²) in [7, 11) is 0. The van der Waals surface area contributed by atoms with Crippen LogP contribution in [0.5, 0.6) is 0 Å². The zero-order valence-corrected chi connectivity index (χ0v) is 14.1. The number of hydrogen-bond donors (Lipinski definition) is 1. The topological polar surface area (TPSA) is 47.0 Å². The largest absolute Gasteiger partial charge is 0.465 e. The number of halogens is 2. The van der Waals surface area contributed by atoms with Crippen LogP contribution in [0.15, 0.2) is 0 Å². The van der Waals surface area contributed by atoms with Gasteiger partial charge in [-0.1, -0.05) is 0 Å². The molecule has 0 aromatic carbocycles. The van der Waals surface area contributed by atoms with E-state index in [-0.39, 0.29) is 18.4 Å². The van der Waals surface area contributed by atoms with Crippen LogP contribution in [0.3, 0.4) is 0 Å². The molecule has 5 nitrogen and oxygen atoms in total. The van der Waals surface area contributed by atoms with Gasteiger partial charge in [0.25, 0.3) is 5.92 Å². The quantitative estimate of drug-likeness (QED) is 0.836. The van der Waals surface area contributed by atoms with E-state index in [1.54, 1.807) is 4.90 Å². The lowest BCUT2D eigenvalue weighted by molar-refractivity contribution is -0.0222. The van der Waals surface area contributed by atoms with Gasteiger partial charge in [0, 0.05) is 38.1 Å². The first-order valence-corrected chi connectivity index (χ1v) is 9.20. The van der Waals surface area contributed by atoms with Crippen LogP contribution in [0.4, 0.5) is 13.6 Å². The summed E-state index contributed by atoms with van der Waals surface area (Å²) < 4.78 is 26.8. The first kappa shape index (κ1) is 16.5. The molecule has 3 aliphatic heterocycles. The van der Waals surface area contributed by atoms with E-state index in [4.69, 9.17) is 5.11 Å². The Hall–Kier alpha value is -0.950. The monoisotopic (exact) mass is 343 g/mol. The minimum absolute atomic E-state index is 0.0123. The number of carbonyl (C=O) groups is 1. The van der Waals surface area contributed by atoms with E-state index < -0.39 is 12.0 Å². The van der Waals surface area contributed by atoms with Crippen LogP contribution in [-0.2, 0) is 0 Å². The molecule has 4 fully saturated rings. The third-order valence-corrected chi connectivity index (χ3v) is 6.78. The van der Waals surface area contributed by atoms with Gasteiger partial charge in [0.1, 0.15) is 0 Å². The van der Waals surface area contributed by atoms with E-state index in [0.717, 1.165) is 45.2 Å². The number of piperidine rings is 1. The van der Waals surface area contributed by atoms with Crippen molar-refractivity contribution in [1.29, 1.82) is 0 Å². The van der Waals surface area contributed by atoms with Crippen LogP contribution in [0.25, 0.3) is 0 Å². The molecule has 1 spiro atoms. The molecule has 1 amide bonds. The Kier molecular flexibility index (Phi) is 3.99. The van der Waals surface area contributed by atoms with Crippen molar-refractivity contribution in [3.8, 4) is 0 Å². The summed E-state index contributed by atoms with van der Waals surface area (Å²) in [6.45, 7) is 3.84. The van der Waals surface area contributed by atoms with Crippen molar-refractivity contribution >= 4 is 6.09 Å². The van der Waals surface area contributed by atoms with Crippen molar-refractivity contribution < 1.29 is 18.7 Å². The van der Waals surface area contributed by atoms with Gasteiger partial charge < -0.3 is 14.9 Å². The smallest absolute Gasteiger partial charge is 0.407 e. The number of rotatable bonds is 2. The zero-order valence-electron chi connectivity index (χ0n) is 14.1. The van der Waals surface area contributed by atoms with Crippen LogP contribution < -0.4 is 0 Å². The van der Waals surface area contributed by atoms with E-state index in [2.05, 4.69) is 4.90 Å². The number of likely N-dealkylation sites (tertiary alicyclic amines) is 3. The Morgan fingerprint density at radius 1 is 0.917 bits per heavy atom. The Morgan fingerprint density at radius 2 is 1.62 bits per heavy atom. The molecule has 1 aliphatic carbocycles. The van der Waals surface area contributed by atoms with Gasteiger partial charge in [-0.3, -0.25) is 4.90 Å². The maximum atomic E-state index is 13.4. The van der Waals surface area contributed by atoms with Gasteiger partial charge in [-0.05, 0) is 50.6 Å². The average molecular weight is 343 g/mol. The Labute approximate surface area is 141 Å². The molecular formula is C17H27F2N3O2. The van der Waals surface area contributed by atoms with Crippen LogP contribution in [0.1, 0.15) is 38.5 Å². The summed E-state index contributed by atoms with van der Waals surface area (Å²) in [5.74, 6) is -2.49. The summed E-state index contributed by atoms with van der Waals surface area (Å²) >= 11 is 0. The fraction of sp³-hybridized carbons (Fsp3) is 0.941. The molecule has 0 unspecified atom stereocenters. The molecule has 0 aromatic rings. The van der Waals surface area contributed by atoms with Crippen molar-refractivity contribution in [1.82, 2.24) is 14.7 Å². The minimum atomic E-state index is -2.49. The lowest BCUT2D eigenvalue weighted by atomic mass is 9.64. The molecule has 3 heterocycles. The van der Waals surface area contributed by atoms with Gasteiger partial charge in [0.15, 0.2) is 0 Å². The average Bonchev–Trinajstić information content (AvgIpc) is 3.10. The molecule has 136 valence electrons. The standard InChI is InChI=1S/C17H27F2N3O2/c18-17(19)4-8-21(12-17)13-1-5-20(6-2-13)14-9-16(10-14)3-7-22(11-16)15(23)24/h13-14H,1-12H2,(H,23,24). The molecule has 3 saturated heterocycles. The highest BCUT2D eigenvalue weighted by atomic mass is 19.3. The molecule has 1 N–H and O–H groups in total. The van der Waals surface area contributed by atoms with Crippen molar-refractivity contribution in [2.24, 2.45) is 5.41 Å². The highest BCUT2D eigenvalue weighted by molar-refractivity contribution is 5.65. The fourth-order valence-corrected chi connectivity index (χ4v) is 5.32. The Balaban J connectivity index is 1.23. The van der Waals surface area contributed by atoms with Crippen molar-refractivity contribution in [2.75, 3.05) is 39.3 Å². The fourth-order valence-electron chi connectivity index (χ4n) is 5.32. The van der Waals surface area contributed by atoms with Gasteiger partial charge in [-0.15, -0.1) is 0 Å². The van der Waals surface area contributed by atoms with Gasteiger partial charge in [0.05, 0.1) is 6.54 Å². The van der Waals surface area contributed by atoms with Gasteiger partial charge in [-0.25, -0.2) is 13.6 Å². The first-order chi connectivity index (χ1) is 11.4. The SMILES string of the molecule is O=C(O)N1CCC2(CC(N3CCC(N4CCC(F)(F)C4)CC3)C2)C1. The summed E-state index contributed by atoms with van der Waals surface area (Å²) in [4.78, 5) is 17.1. The van der Waals surface area contributed by atoms with E-state index >= 15 is 0 Å².